The van der Waals surface area contributed by atoms with Crippen molar-refractivity contribution in [1.29, 1.82) is 0 Å². The Labute approximate surface area is 153 Å². The van der Waals surface area contributed by atoms with Gasteiger partial charge in [0.15, 0.2) is 0 Å². The normalized spacial score (nSPS) is 22.2. The molecule has 6 heteroatoms. The number of fused-ring (bicyclic) bond motifs is 1. The molecule has 0 radical (unpaired) electrons. The number of piperidine rings is 1. The van der Waals surface area contributed by atoms with Crippen molar-refractivity contribution in [1.82, 2.24) is 9.80 Å². The van der Waals surface area contributed by atoms with E-state index in [1.807, 2.05) is 18.2 Å². The van der Waals surface area contributed by atoms with Gasteiger partial charge in [-0.15, -0.1) is 6.58 Å². The van der Waals surface area contributed by atoms with Gasteiger partial charge in [0.1, 0.15) is 0 Å². The summed E-state index contributed by atoms with van der Waals surface area (Å²) in [6.07, 6.45) is 3.40. The van der Waals surface area contributed by atoms with E-state index in [-0.39, 0.29) is 24.8 Å². The van der Waals surface area contributed by atoms with Crippen molar-refractivity contribution in [2.24, 2.45) is 5.41 Å². The third-order valence-electron chi connectivity index (χ3n) is 5.41. The van der Waals surface area contributed by atoms with E-state index in [0.717, 1.165) is 5.56 Å². The average molecular weight is 356 g/mol. The van der Waals surface area contributed by atoms with Crippen molar-refractivity contribution in [3.63, 3.8) is 0 Å². The van der Waals surface area contributed by atoms with Crippen LogP contribution in [-0.2, 0) is 16.1 Å². The fraction of sp³-hybridized carbons (Fsp3) is 0.450. The van der Waals surface area contributed by atoms with Crippen LogP contribution >= 0.6 is 0 Å². The maximum Gasteiger partial charge on any atom is 0.311 e. The average Bonchev–Trinajstić information content (AvgIpc) is 2.96. The topological polar surface area (TPSA) is 77.9 Å². The number of likely N-dealkylation sites (tertiary alicyclic amines) is 1. The summed E-state index contributed by atoms with van der Waals surface area (Å²) < 4.78 is 0. The lowest BCUT2D eigenvalue weighted by Gasteiger charge is -2.39. The molecule has 1 N–H and O–H groups in total. The molecule has 2 aliphatic heterocycles. The number of amides is 2. The number of nitrogens with zero attached hydrogens (tertiary/aromatic N) is 2. The highest BCUT2D eigenvalue weighted by Gasteiger charge is 2.42. The third-order valence-corrected chi connectivity index (χ3v) is 5.41. The van der Waals surface area contributed by atoms with Gasteiger partial charge in [0, 0.05) is 38.2 Å². The molecule has 1 fully saturated rings. The van der Waals surface area contributed by atoms with Gasteiger partial charge in [0.25, 0.3) is 5.91 Å². The van der Waals surface area contributed by atoms with Gasteiger partial charge in [-0.1, -0.05) is 24.3 Å². The molecule has 0 unspecified atom stereocenters. The first-order valence-corrected chi connectivity index (χ1v) is 8.96. The van der Waals surface area contributed by atoms with Crippen LogP contribution in [0.2, 0.25) is 0 Å². The summed E-state index contributed by atoms with van der Waals surface area (Å²) in [6, 6.07) is 7.47. The molecule has 2 amide bonds. The summed E-state index contributed by atoms with van der Waals surface area (Å²) in [5.74, 6) is -1.01. The summed E-state index contributed by atoms with van der Waals surface area (Å²) in [4.78, 5) is 40.0. The lowest BCUT2D eigenvalue weighted by atomic mass is 9.77. The number of rotatable bonds is 6. The number of carboxylic acid groups (broad SMARTS) is 1. The summed E-state index contributed by atoms with van der Waals surface area (Å²) >= 11 is 0. The van der Waals surface area contributed by atoms with E-state index in [4.69, 9.17) is 0 Å². The SMILES string of the molecule is C=CC[C@]1(C(=O)O)CCCN(C(=O)CCN2Cc3ccccc3C2=O)C1. The summed E-state index contributed by atoms with van der Waals surface area (Å²) in [5.41, 5.74) is 0.752. The van der Waals surface area contributed by atoms with Crippen LogP contribution in [0.3, 0.4) is 0 Å². The van der Waals surface area contributed by atoms with E-state index >= 15 is 0 Å². The van der Waals surface area contributed by atoms with Crippen molar-refractivity contribution in [3.05, 3.63) is 48.0 Å². The quantitative estimate of drug-likeness (QED) is 0.794. The summed E-state index contributed by atoms with van der Waals surface area (Å²) in [5, 5.41) is 9.62. The molecule has 2 heterocycles. The minimum Gasteiger partial charge on any atom is -0.481 e. The van der Waals surface area contributed by atoms with Crippen LogP contribution < -0.4 is 0 Å². The second-order valence-corrected chi connectivity index (χ2v) is 7.13. The van der Waals surface area contributed by atoms with E-state index in [9.17, 15) is 19.5 Å². The molecule has 6 nitrogen and oxygen atoms in total. The Kier molecular flexibility index (Phi) is 5.11. The highest BCUT2D eigenvalue weighted by molar-refractivity contribution is 5.98. The smallest absolute Gasteiger partial charge is 0.311 e. The molecule has 0 bridgehead atoms. The Balaban J connectivity index is 1.60. The molecule has 0 spiro atoms. The molecule has 138 valence electrons. The zero-order valence-electron chi connectivity index (χ0n) is 14.8. The Morgan fingerprint density at radius 3 is 2.77 bits per heavy atom. The number of hydrogen-bond donors (Lipinski definition) is 1. The van der Waals surface area contributed by atoms with Gasteiger partial charge in [-0.25, -0.2) is 0 Å². The number of carbonyl (C=O) groups is 3. The second-order valence-electron chi connectivity index (χ2n) is 7.13. The number of hydrogen-bond acceptors (Lipinski definition) is 3. The maximum absolute atomic E-state index is 12.6. The van der Waals surface area contributed by atoms with Gasteiger partial charge in [0.05, 0.1) is 5.41 Å². The van der Waals surface area contributed by atoms with Crippen molar-refractivity contribution < 1.29 is 19.5 Å². The predicted octanol–water partition coefficient (Wildman–Crippen LogP) is 2.30. The molecular weight excluding hydrogens is 332 g/mol. The molecule has 0 aliphatic carbocycles. The van der Waals surface area contributed by atoms with Gasteiger partial charge < -0.3 is 14.9 Å². The molecule has 1 aromatic rings. The molecule has 1 aromatic carbocycles. The van der Waals surface area contributed by atoms with Crippen molar-refractivity contribution in [2.45, 2.75) is 32.2 Å². The van der Waals surface area contributed by atoms with Crippen LogP contribution in [-0.4, -0.2) is 52.3 Å². The summed E-state index contributed by atoms with van der Waals surface area (Å²) in [7, 11) is 0. The molecular formula is C20H24N2O4. The first-order valence-electron chi connectivity index (χ1n) is 8.96. The number of allylic oxidation sites excluding steroid dienone is 1. The Bertz CT molecular complexity index is 745. The second kappa shape index (κ2) is 7.32. The molecule has 0 aromatic heterocycles. The standard InChI is InChI=1S/C20H24N2O4/c1-2-9-20(19(25)26)10-5-11-22(14-20)17(23)8-12-21-13-15-6-3-4-7-16(15)18(21)24/h2-4,6-7H,1,5,8-14H2,(H,25,26)/t20-/m0/s1. The fourth-order valence-corrected chi connectivity index (χ4v) is 3.93. The van der Waals surface area contributed by atoms with Crippen LogP contribution in [0, 0.1) is 5.41 Å². The monoisotopic (exact) mass is 356 g/mol. The molecule has 1 atom stereocenters. The Morgan fingerprint density at radius 2 is 2.08 bits per heavy atom. The van der Waals surface area contributed by atoms with Crippen molar-refractivity contribution in [3.8, 4) is 0 Å². The zero-order valence-corrected chi connectivity index (χ0v) is 14.8. The molecule has 2 aliphatic rings. The molecule has 3 rings (SSSR count). The largest absolute Gasteiger partial charge is 0.481 e. The van der Waals surface area contributed by atoms with E-state index in [1.54, 1.807) is 21.9 Å². The van der Waals surface area contributed by atoms with E-state index in [2.05, 4.69) is 6.58 Å². The number of carboxylic acids is 1. The van der Waals surface area contributed by atoms with E-state index in [1.165, 1.54) is 0 Å². The molecule has 0 saturated carbocycles. The van der Waals surface area contributed by atoms with Gasteiger partial charge in [-0.2, -0.15) is 0 Å². The van der Waals surface area contributed by atoms with E-state index < -0.39 is 11.4 Å². The molecule has 26 heavy (non-hydrogen) atoms. The van der Waals surface area contributed by atoms with Crippen LogP contribution in [0.5, 0.6) is 0 Å². The highest BCUT2D eigenvalue weighted by Crippen LogP contribution is 2.34. The lowest BCUT2D eigenvalue weighted by molar-refractivity contribution is -0.154. The zero-order chi connectivity index (χ0) is 18.7. The van der Waals surface area contributed by atoms with Crippen LogP contribution in [0.25, 0.3) is 0 Å². The van der Waals surface area contributed by atoms with Gasteiger partial charge in [-0.05, 0) is 30.9 Å². The van der Waals surface area contributed by atoms with Crippen molar-refractivity contribution >= 4 is 17.8 Å². The van der Waals surface area contributed by atoms with Crippen molar-refractivity contribution in [2.75, 3.05) is 19.6 Å². The Morgan fingerprint density at radius 1 is 1.31 bits per heavy atom. The van der Waals surface area contributed by atoms with E-state index in [0.29, 0.717) is 44.5 Å². The number of carbonyl (C=O) groups excluding carboxylic acids is 2. The lowest BCUT2D eigenvalue weighted by Crippen LogP contribution is -2.50. The number of aliphatic carboxylic acids is 1. The highest BCUT2D eigenvalue weighted by atomic mass is 16.4. The first kappa shape index (κ1) is 18.2. The summed E-state index contributed by atoms with van der Waals surface area (Å²) in [6.45, 7) is 5.31. The number of benzene rings is 1. The maximum atomic E-state index is 12.6. The Hall–Kier alpha value is -2.63. The predicted molar refractivity (Wildman–Crippen MR) is 96.5 cm³/mol. The minimum atomic E-state index is -0.935. The fourth-order valence-electron chi connectivity index (χ4n) is 3.93. The third kappa shape index (κ3) is 3.36. The first-order chi connectivity index (χ1) is 12.5. The van der Waals surface area contributed by atoms with Gasteiger partial charge >= 0.3 is 5.97 Å². The van der Waals surface area contributed by atoms with Crippen LogP contribution in [0.4, 0.5) is 0 Å². The van der Waals surface area contributed by atoms with Crippen LogP contribution in [0.15, 0.2) is 36.9 Å². The van der Waals surface area contributed by atoms with Gasteiger partial charge in [-0.3, -0.25) is 14.4 Å². The minimum absolute atomic E-state index is 0.0430. The van der Waals surface area contributed by atoms with Crippen LogP contribution in [0.1, 0.15) is 41.6 Å². The molecule has 1 saturated heterocycles. The van der Waals surface area contributed by atoms with Gasteiger partial charge in [0.2, 0.25) is 5.91 Å².